The fourth-order valence-electron chi connectivity index (χ4n) is 3.08. The fraction of sp³-hybridized carbons (Fsp3) is 0.222. The van der Waals surface area contributed by atoms with E-state index in [2.05, 4.69) is 15.8 Å². The van der Waals surface area contributed by atoms with Gasteiger partial charge in [0.05, 0.1) is 19.9 Å². The number of benzene rings is 2. The van der Waals surface area contributed by atoms with E-state index >= 15 is 0 Å². The Morgan fingerprint density at radius 3 is 2.52 bits per heavy atom. The lowest BCUT2D eigenvalue weighted by Crippen LogP contribution is -2.39. The van der Waals surface area contributed by atoms with Gasteiger partial charge in [0.1, 0.15) is 16.5 Å². The number of nitrogens with one attached hydrogen (secondary N) is 2. The minimum atomic E-state index is -0.967. The molecular weight excluding hydrogens is 338 g/mol. The first kappa shape index (κ1) is 15.8. The highest BCUT2D eigenvalue weighted by atomic mass is 32.2. The highest BCUT2D eigenvalue weighted by Crippen LogP contribution is 2.51. The third kappa shape index (κ3) is 2.26. The Hall–Kier alpha value is -2.67. The molecule has 0 aliphatic carbocycles. The number of hydrogen-bond acceptors (Lipinski definition) is 6. The summed E-state index contributed by atoms with van der Waals surface area (Å²) in [6.45, 7) is 1.95. The number of methoxy groups -OCH3 is 2. The lowest BCUT2D eigenvalue weighted by molar-refractivity contribution is -0.118. The van der Waals surface area contributed by atoms with Gasteiger partial charge in [0.2, 0.25) is 4.87 Å². The number of hydrazone groups is 1. The highest BCUT2D eigenvalue weighted by Gasteiger charge is 2.53. The Bertz CT molecular complexity index is 895. The average molecular weight is 355 g/mol. The van der Waals surface area contributed by atoms with Crippen LogP contribution in [0.1, 0.15) is 16.7 Å². The number of hydrogen-bond donors (Lipinski definition) is 2. The number of aryl methyl sites for hydroxylation is 1. The molecule has 0 aromatic heterocycles. The molecule has 128 valence electrons. The van der Waals surface area contributed by atoms with Crippen molar-refractivity contribution in [3.05, 3.63) is 53.1 Å². The van der Waals surface area contributed by atoms with E-state index in [-0.39, 0.29) is 5.91 Å². The van der Waals surface area contributed by atoms with Gasteiger partial charge in [0.15, 0.2) is 0 Å². The van der Waals surface area contributed by atoms with Crippen molar-refractivity contribution >= 4 is 28.4 Å². The number of fused-ring (bicyclic) bond motifs is 2. The van der Waals surface area contributed by atoms with Crippen molar-refractivity contribution in [1.82, 2.24) is 5.43 Å². The van der Waals surface area contributed by atoms with Gasteiger partial charge in [-0.2, -0.15) is 5.10 Å². The SMILES string of the molecule is COc1ccc(C2=NNC3(S2)C(=O)Nc2c3ccc(C)c2OC)cc1. The summed E-state index contributed by atoms with van der Waals surface area (Å²) < 4.78 is 10.7. The van der Waals surface area contributed by atoms with Crippen LogP contribution in [0.5, 0.6) is 11.5 Å². The van der Waals surface area contributed by atoms with Gasteiger partial charge in [-0.05, 0) is 36.8 Å². The molecule has 2 aromatic rings. The lowest BCUT2D eigenvalue weighted by Gasteiger charge is -2.20. The molecule has 6 nitrogen and oxygen atoms in total. The minimum Gasteiger partial charge on any atom is -0.497 e. The molecule has 2 aromatic carbocycles. The van der Waals surface area contributed by atoms with Crippen molar-refractivity contribution < 1.29 is 14.3 Å². The lowest BCUT2D eigenvalue weighted by atomic mass is 10.0. The zero-order valence-electron chi connectivity index (χ0n) is 14.0. The summed E-state index contributed by atoms with van der Waals surface area (Å²) in [5.74, 6) is 1.31. The number of ether oxygens (including phenoxy) is 2. The Kier molecular flexibility index (Phi) is 3.61. The summed E-state index contributed by atoms with van der Waals surface area (Å²) in [7, 11) is 3.23. The molecule has 25 heavy (non-hydrogen) atoms. The van der Waals surface area contributed by atoms with Gasteiger partial charge in [-0.1, -0.05) is 23.9 Å². The fourth-order valence-corrected chi connectivity index (χ4v) is 4.23. The first-order chi connectivity index (χ1) is 12.1. The molecule has 0 radical (unpaired) electrons. The molecule has 4 rings (SSSR count). The van der Waals surface area contributed by atoms with Crippen molar-refractivity contribution in [3.8, 4) is 11.5 Å². The van der Waals surface area contributed by atoms with Crippen LogP contribution in [0.4, 0.5) is 5.69 Å². The van der Waals surface area contributed by atoms with E-state index in [1.165, 1.54) is 11.8 Å². The predicted octanol–water partition coefficient (Wildman–Crippen LogP) is 2.82. The van der Waals surface area contributed by atoms with E-state index in [0.29, 0.717) is 11.4 Å². The number of carbonyl (C=O) groups is 1. The van der Waals surface area contributed by atoms with Crippen LogP contribution in [0.2, 0.25) is 0 Å². The van der Waals surface area contributed by atoms with Crippen LogP contribution in [0.3, 0.4) is 0 Å². The number of anilines is 1. The Morgan fingerprint density at radius 1 is 1.08 bits per heavy atom. The largest absolute Gasteiger partial charge is 0.497 e. The summed E-state index contributed by atoms with van der Waals surface area (Å²) in [5.41, 5.74) is 6.47. The molecule has 0 fully saturated rings. The molecule has 2 aliphatic heterocycles. The molecule has 2 heterocycles. The number of thioether (sulfide) groups is 1. The van der Waals surface area contributed by atoms with Crippen molar-refractivity contribution in [3.63, 3.8) is 0 Å². The van der Waals surface area contributed by atoms with E-state index < -0.39 is 4.87 Å². The second kappa shape index (κ2) is 5.70. The molecule has 1 spiro atoms. The Balaban J connectivity index is 1.71. The predicted molar refractivity (Wildman–Crippen MR) is 98.3 cm³/mol. The Labute approximate surface area is 149 Å². The molecule has 2 N–H and O–H groups in total. The van der Waals surface area contributed by atoms with Crippen LogP contribution in [0.15, 0.2) is 41.5 Å². The number of rotatable bonds is 3. The van der Waals surface area contributed by atoms with Crippen LogP contribution in [-0.4, -0.2) is 25.2 Å². The van der Waals surface area contributed by atoms with E-state index in [1.54, 1.807) is 14.2 Å². The third-order valence-electron chi connectivity index (χ3n) is 4.40. The first-order valence-electron chi connectivity index (χ1n) is 7.77. The summed E-state index contributed by atoms with van der Waals surface area (Å²) in [6, 6.07) is 11.5. The van der Waals surface area contributed by atoms with Crippen molar-refractivity contribution in [2.75, 3.05) is 19.5 Å². The van der Waals surface area contributed by atoms with E-state index in [0.717, 1.165) is 27.5 Å². The standard InChI is InChI=1S/C18H17N3O3S/c1-10-4-9-13-14(15(10)24-3)19-17(22)18(13)21-20-16(25-18)11-5-7-12(23-2)8-6-11/h4-9,21H,1-3H3,(H,19,22). The molecule has 7 heteroatoms. The van der Waals surface area contributed by atoms with Crippen LogP contribution < -0.4 is 20.2 Å². The maximum Gasteiger partial charge on any atom is 0.267 e. The summed E-state index contributed by atoms with van der Waals surface area (Å²) in [5, 5.41) is 8.11. The molecule has 0 saturated heterocycles. The van der Waals surface area contributed by atoms with E-state index in [4.69, 9.17) is 9.47 Å². The topological polar surface area (TPSA) is 72.0 Å². The van der Waals surface area contributed by atoms with Gasteiger partial charge in [0.25, 0.3) is 5.91 Å². The van der Waals surface area contributed by atoms with Gasteiger partial charge in [-0.3, -0.25) is 10.2 Å². The van der Waals surface area contributed by atoms with Gasteiger partial charge in [-0.15, -0.1) is 0 Å². The number of nitrogens with zero attached hydrogens (tertiary/aromatic N) is 1. The normalized spacial score (nSPS) is 20.8. The van der Waals surface area contributed by atoms with Crippen molar-refractivity contribution in [1.29, 1.82) is 0 Å². The maximum absolute atomic E-state index is 12.8. The highest BCUT2D eigenvalue weighted by molar-refractivity contribution is 8.16. The smallest absolute Gasteiger partial charge is 0.267 e. The zero-order valence-corrected chi connectivity index (χ0v) is 14.9. The summed E-state index contributed by atoms with van der Waals surface area (Å²) in [4.78, 5) is 11.8. The van der Waals surface area contributed by atoms with Crippen molar-refractivity contribution in [2.45, 2.75) is 11.8 Å². The van der Waals surface area contributed by atoms with Crippen LogP contribution in [-0.2, 0) is 9.67 Å². The monoisotopic (exact) mass is 355 g/mol. The summed E-state index contributed by atoms with van der Waals surface area (Å²) >= 11 is 1.39. The summed E-state index contributed by atoms with van der Waals surface area (Å²) in [6.07, 6.45) is 0. The van der Waals surface area contributed by atoms with E-state index in [9.17, 15) is 4.79 Å². The van der Waals surface area contributed by atoms with Crippen LogP contribution in [0.25, 0.3) is 0 Å². The molecule has 2 aliphatic rings. The molecule has 0 bridgehead atoms. The Morgan fingerprint density at radius 2 is 1.84 bits per heavy atom. The van der Waals surface area contributed by atoms with Gasteiger partial charge >= 0.3 is 0 Å². The van der Waals surface area contributed by atoms with Crippen LogP contribution >= 0.6 is 11.8 Å². The molecule has 1 unspecified atom stereocenters. The van der Waals surface area contributed by atoms with Gasteiger partial charge in [-0.25, -0.2) is 0 Å². The molecule has 0 saturated carbocycles. The van der Waals surface area contributed by atoms with Gasteiger partial charge < -0.3 is 14.8 Å². The second-order valence-corrected chi connectivity index (χ2v) is 7.04. The zero-order chi connectivity index (χ0) is 17.6. The maximum atomic E-state index is 12.8. The third-order valence-corrected chi connectivity index (χ3v) is 5.72. The molecule has 1 atom stereocenters. The quantitative estimate of drug-likeness (QED) is 0.886. The minimum absolute atomic E-state index is 0.149. The molecular formula is C18H17N3O3S. The van der Waals surface area contributed by atoms with Crippen molar-refractivity contribution in [2.24, 2.45) is 5.10 Å². The number of amides is 1. The molecule has 1 amide bonds. The number of carbonyl (C=O) groups excluding carboxylic acids is 1. The average Bonchev–Trinajstić information content (AvgIpc) is 3.19. The first-order valence-corrected chi connectivity index (χ1v) is 8.58. The van der Waals surface area contributed by atoms with E-state index in [1.807, 2.05) is 43.3 Å². The van der Waals surface area contributed by atoms with Gasteiger partial charge in [0, 0.05) is 11.1 Å². The van der Waals surface area contributed by atoms with Crippen LogP contribution in [0, 0.1) is 6.92 Å². The second-order valence-electron chi connectivity index (χ2n) is 5.83.